The van der Waals surface area contributed by atoms with Crippen LogP contribution in [0.4, 0.5) is 0 Å². The van der Waals surface area contributed by atoms with Gasteiger partial charge in [-0.2, -0.15) is 0 Å². The number of carbonyl (C=O) groups excluding carboxylic acids is 2. The largest absolute Gasteiger partial charge is 0.294 e. The monoisotopic (exact) mass is 294 g/mol. The highest BCUT2D eigenvalue weighted by atomic mass is 32.1. The molecule has 0 aliphatic heterocycles. The normalized spacial score (nSPS) is 10.7. The van der Waals surface area contributed by atoms with Gasteiger partial charge in [0.2, 0.25) is 0 Å². The van der Waals surface area contributed by atoms with Crippen LogP contribution < -0.4 is 0 Å². The summed E-state index contributed by atoms with van der Waals surface area (Å²) in [5, 5.41) is 3.88. The first-order valence-corrected chi connectivity index (χ1v) is 7.71. The molecule has 0 radical (unpaired) electrons. The van der Waals surface area contributed by atoms with Gasteiger partial charge >= 0.3 is 0 Å². The number of benzene rings is 2. The number of hydrogen-bond acceptors (Lipinski definition) is 3. The molecule has 2 nitrogen and oxygen atoms in total. The number of rotatable bonds is 5. The van der Waals surface area contributed by atoms with Gasteiger partial charge in [0.1, 0.15) is 0 Å². The predicted octanol–water partition coefficient (Wildman–Crippen LogP) is 4.75. The summed E-state index contributed by atoms with van der Waals surface area (Å²) >= 11 is 1.42. The van der Waals surface area contributed by atoms with Crippen molar-refractivity contribution in [2.45, 2.75) is 12.8 Å². The van der Waals surface area contributed by atoms with E-state index in [1.165, 1.54) is 11.3 Å². The second-order valence-corrected chi connectivity index (χ2v) is 5.80. The van der Waals surface area contributed by atoms with Gasteiger partial charge in [-0.25, -0.2) is 0 Å². The number of hydrogen-bond donors (Lipinski definition) is 0. The molecule has 104 valence electrons. The molecule has 21 heavy (non-hydrogen) atoms. The van der Waals surface area contributed by atoms with Crippen LogP contribution in [0.5, 0.6) is 0 Å². The molecule has 0 bridgehead atoms. The summed E-state index contributed by atoms with van der Waals surface area (Å²) in [5.41, 5.74) is 0.701. The number of thiophene rings is 1. The number of ketones is 2. The van der Waals surface area contributed by atoms with E-state index in [0.29, 0.717) is 5.56 Å². The number of carbonyl (C=O) groups is 2. The van der Waals surface area contributed by atoms with Crippen LogP contribution in [-0.2, 0) is 0 Å². The molecule has 0 saturated carbocycles. The van der Waals surface area contributed by atoms with E-state index >= 15 is 0 Å². The summed E-state index contributed by atoms with van der Waals surface area (Å²) < 4.78 is 0. The van der Waals surface area contributed by atoms with Crippen LogP contribution in [0.3, 0.4) is 0 Å². The van der Waals surface area contributed by atoms with Gasteiger partial charge in [0.05, 0.1) is 4.88 Å². The molecular formula is C18H14O2S. The fourth-order valence-corrected chi connectivity index (χ4v) is 3.09. The first-order valence-electron chi connectivity index (χ1n) is 6.83. The molecule has 0 atom stereocenters. The van der Waals surface area contributed by atoms with Crippen LogP contribution >= 0.6 is 11.3 Å². The van der Waals surface area contributed by atoms with Crippen LogP contribution in [0.25, 0.3) is 10.8 Å². The van der Waals surface area contributed by atoms with Crippen molar-refractivity contribution >= 4 is 33.7 Å². The van der Waals surface area contributed by atoms with E-state index in [-0.39, 0.29) is 24.4 Å². The Morgan fingerprint density at radius 1 is 0.810 bits per heavy atom. The van der Waals surface area contributed by atoms with Crippen molar-refractivity contribution in [2.24, 2.45) is 0 Å². The summed E-state index contributed by atoms with van der Waals surface area (Å²) in [6.45, 7) is 0. The summed E-state index contributed by atoms with van der Waals surface area (Å²) in [7, 11) is 0. The highest BCUT2D eigenvalue weighted by molar-refractivity contribution is 7.12. The van der Waals surface area contributed by atoms with E-state index in [1.807, 2.05) is 53.9 Å². The molecule has 3 heteroatoms. The molecule has 1 heterocycles. The zero-order valence-corrected chi connectivity index (χ0v) is 12.2. The third-order valence-corrected chi connectivity index (χ3v) is 4.38. The van der Waals surface area contributed by atoms with Gasteiger partial charge in [-0.1, -0.05) is 48.5 Å². The molecular weight excluding hydrogens is 280 g/mol. The molecule has 1 aromatic heterocycles. The maximum absolute atomic E-state index is 12.4. The summed E-state index contributed by atoms with van der Waals surface area (Å²) in [4.78, 5) is 25.1. The minimum absolute atomic E-state index is 0.0247. The number of fused-ring (bicyclic) bond motifs is 1. The fourth-order valence-electron chi connectivity index (χ4n) is 2.39. The fraction of sp³-hybridized carbons (Fsp3) is 0.111. The lowest BCUT2D eigenvalue weighted by Crippen LogP contribution is -2.04. The average Bonchev–Trinajstić information content (AvgIpc) is 3.06. The van der Waals surface area contributed by atoms with Crippen molar-refractivity contribution in [3.8, 4) is 0 Å². The Hall–Kier alpha value is -2.26. The zero-order valence-electron chi connectivity index (χ0n) is 11.4. The molecule has 3 aromatic rings. The van der Waals surface area contributed by atoms with E-state index in [4.69, 9.17) is 0 Å². The molecule has 3 rings (SSSR count). The molecule has 0 fully saturated rings. The van der Waals surface area contributed by atoms with Gasteiger partial charge in [-0.05, 0) is 22.2 Å². The maximum Gasteiger partial charge on any atom is 0.173 e. The second-order valence-electron chi connectivity index (χ2n) is 4.85. The third-order valence-electron chi connectivity index (χ3n) is 3.47. The Morgan fingerprint density at radius 3 is 2.38 bits per heavy atom. The quantitative estimate of drug-likeness (QED) is 0.636. The van der Waals surface area contributed by atoms with Crippen molar-refractivity contribution in [1.82, 2.24) is 0 Å². The Bertz CT molecular complexity index is 783. The highest BCUT2D eigenvalue weighted by Crippen LogP contribution is 2.21. The molecule has 0 amide bonds. The van der Waals surface area contributed by atoms with Crippen LogP contribution in [0.2, 0.25) is 0 Å². The van der Waals surface area contributed by atoms with Crippen molar-refractivity contribution in [2.75, 3.05) is 0 Å². The topological polar surface area (TPSA) is 34.1 Å². The standard InChI is InChI=1S/C18H14O2S/c19-16(10-11-17(20)18-9-4-12-21-18)15-8-3-6-13-5-1-2-7-14(13)15/h1-9,12H,10-11H2. The predicted molar refractivity (Wildman–Crippen MR) is 86.2 cm³/mol. The van der Waals surface area contributed by atoms with Crippen molar-refractivity contribution in [1.29, 1.82) is 0 Å². The minimum atomic E-state index is 0.0247. The van der Waals surface area contributed by atoms with E-state index in [2.05, 4.69) is 0 Å². The third kappa shape index (κ3) is 2.93. The Labute approximate surface area is 127 Å². The molecule has 0 N–H and O–H groups in total. The molecule has 0 aliphatic carbocycles. The summed E-state index contributed by atoms with van der Waals surface area (Å²) in [5.74, 6) is 0.0651. The molecule has 0 unspecified atom stereocenters. The molecule has 0 saturated heterocycles. The Kier molecular flexibility index (Phi) is 3.93. The Morgan fingerprint density at radius 2 is 1.57 bits per heavy atom. The molecule has 0 aliphatic rings. The average molecular weight is 294 g/mol. The Balaban J connectivity index is 1.77. The smallest absolute Gasteiger partial charge is 0.173 e. The van der Waals surface area contributed by atoms with E-state index in [0.717, 1.165) is 15.6 Å². The van der Waals surface area contributed by atoms with Gasteiger partial charge in [0.15, 0.2) is 11.6 Å². The summed E-state index contributed by atoms with van der Waals surface area (Å²) in [6.07, 6.45) is 0.521. The maximum atomic E-state index is 12.4. The van der Waals surface area contributed by atoms with Gasteiger partial charge in [0.25, 0.3) is 0 Å². The highest BCUT2D eigenvalue weighted by Gasteiger charge is 2.13. The SMILES string of the molecule is O=C(CCC(=O)c1cccc2ccccc12)c1cccs1. The number of Topliss-reactive ketones (excluding diaryl/α,β-unsaturated/α-hetero) is 2. The van der Waals surface area contributed by atoms with E-state index in [9.17, 15) is 9.59 Å². The van der Waals surface area contributed by atoms with Crippen LogP contribution in [0, 0.1) is 0 Å². The van der Waals surface area contributed by atoms with Gasteiger partial charge in [-0.15, -0.1) is 11.3 Å². The van der Waals surface area contributed by atoms with E-state index in [1.54, 1.807) is 6.07 Å². The van der Waals surface area contributed by atoms with Crippen LogP contribution in [0.1, 0.15) is 32.9 Å². The summed E-state index contributed by atoms with van der Waals surface area (Å²) in [6, 6.07) is 17.2. The van der Waals surface area contributed by atoms with E-state index < -0.39 is 0 Å². The van der Waals surface area contributed by atoms with Crippen molar-refractivity contribution < 1.29 is 9.59 Å². The van der Waals surface area contributed by atoms with Gasteiger partial charge in [0, 0.05) is 18.4 Å². The lowest BCUT2D eigenvalue weighted by Gasteiger charge is -2.05. The lowest BCUT2D eigenvalue weighted by molar-refractivity contribution is 0.0920. The van der Waals surface area contributed by atoms with Crippen molar-refractivity contribution in [3.05, 3.63) is 70.4 Å². The lowest BCUT2D eigenvalue weighted by atomic mass is 9.98. The van der Waals surface area contributed by atoms with Crippen LogP contribution in [0.15, 0.2) is 60.0 Å². The second kappa shape index (κ2) is 6.02. The van der Waals surface area contributed by atoms with Gasteiger partial charge in [-0.3, -0.25) is 9.59 Å². The molecule has 2 aromatic carbocycles. The zero-order chi connectivity index (χ0) is 14.7. The molecule has 0 spiro atoms. The van der Waals surface area contributed by atoms with Gasteiger partial charge < -0.3 is 0 Å². The van der Waals surface area contributed by atoms with Crippen molar-refractivity contribution in [3.63, 3.8) is 0 Å². The first kappa shape index (κ1) is 13.7. The first-order chi connectivity index (χ1) is 10.3. The van der Waals surface area contributed by atoms with Crippen LogP contribution in [-0.4, -0.2) is 11.6 Å². The minimum Gasteiger partial charge on any atom is -0.294 e.